The van der Waals surface area contributed by atoms with Gasteiger partial charge in [-0.15, -0.1) is 0 Å². The number of nitrogens with zero attached hydrogens (tertiary/aromatic N) is 2. The Balaban J connectivity index is 1.95. The molecule has 1 N–H and O–H groups in total. The second-order valence-corrected chi connectivity index (χ2v) is 9.88. The Morgan fingerprint density at radius 1 is 0.892 bits per heavy atom. The number of amides is 1. The molecule has 0 atom stereocenters. The van der Waals surface area contributed by atoms with Gasteiger partial charge in [-0.3, -0.25) is 9.10 Å². The molecule has 0 aliphatic carbocycles. The molecule has 0 saturated heterocycles. The van der Waals surface area contributed by atoms with Crippen molar-refractivity contribution in [3.05, 3.63) is 77.9 Å². The first kappa shape index (κ1) is 27.5. The minimum Gasteiger partial charge on any atom is -0.495 e. The highest BCUT2D eigenvalue weighted by Crippen LogP contribution is 2.33. The van der Waals surface area contributed by atoms with Gasteiger partial charge < -0.3 is 14.2 Å². The van der Waals surface area contributed by atoms with Crippen molar-refractivity contribution in [1.82, 2.24) is 5.43 Å². The highest BCUT2D eigenvalue weighted by atomic mass is 32.2. The first-order valence-electron chi connectivity index (χ1n) is 11.5. The molecular weight excluding hydrogens is 494 g/mol. The SMILES string of the molecule is CC/C(=N/NC(=O)CN(c1cc(C)ccc1OC)S(=O)(=O)c1ccccc1)c1ccc(OC)c(OC)c1. The van der Waals surface area contributed by atoms with Gasteiger partial charge in [0, 0.05) is 5.56 Å². The molecule has 3 aromatic rings. The molecule has 0 unspecified atom stereocenters. The molecular formula is C27H31N3O6S. The number of carbonyl (C=O) groups is 1. The zero-order valence-corrected chi connectivity index (χ0v) is 22.3. The van der Waals surface area contributed by atoms with Gasteiger partial charge in [-0.2, -0.15) is 5.10 Å². The maximum Gasteiger partial charge on any atom is 0.264 e. The van der Waals surface area contributed by atoms with Crippen LogP contribution in [-0.2, 0) is 14.8 Å². The summed E-state index contributed by atoms with van der Waals surface area (Å²) in [7, 11) is 0.431. The molecule has 0 heterocycles. The first-order valence-corrected chi connectivity index (χ1v) is 13.0. The quantitative estimate of drug-likeness (QED) is 0.298. The molecule has 0 radical (unpaired) electrons. The van der Waals surface area contributed by atoms with E-state index in [4.69, 9.17) is 14.2 Å². The van der Waals surface area contributed by atoms with E-state index in [1.807, 2.05) is 13.8 Å². The van der Waals surface area contributed by atoms with Crippen molar-refractivity contribution in [2.45, 2.75) is 25.2 Å². The number of carbonyl (C=O) groups excluding carboxylic acids is 1. The number of sulfonamides is 1. The molecule has 196 valence electrons. The number of hydrogen-bond acceptors (Lipinski definition) is 7. The summed E-state index contributed by atoms with van der Waals surface area (Å²) >= 11 is 0. The molecule has 0 aliphatic heterocycles. The van der Waals surface area contributed by atoms with Gasteiger partial charge in [0.05, 0.1) is 37.6 Å². The summed E-state index contributed by atoms with van der Waals surface area (Å²) in [5.41, 5.74) is 4.88. The fraction of sp³-hybridized carbons (Fsp3) is 0.259. The van der Waals surface area contributed by atoms with E-state index in [0.717, 1.165) is 15.4 Å². The van der Waals surface area contributed by atoms with Crippen LogP contribution in [0.3, 0.4) is 0 Å². The van der Waals surface area contributed by atoms with Crippen LogP contribution in [0, 0.1) is 6.92 Å². The van der Waals surface area contributed by atoms with Crippen LogP contribution in [0.15, 0.2) is 76.7 Å². The molecule has 0 saturated carbocycles. The van der Waals surface area contributed by atoms with Crippen molar-refractivity contribution in [3.63, 3.8) is 0 Å². The van der Waals surface area contributed by atoms with Crippen LogP contribution in [0.2, 0.25) is 0 Å². The number of hydrazone groups is 1. The Morgan fingerprint density at radius 2 is 1.54 bits per heavy atom. The summed E-state index contributed by atoms with van der Waals surface area (Å²) in [4.78, 5) is 13.1. The molecule has 3 aromatic carbocycles. The fourth-order valence-electron chi connectivity index (χ4n) is 3.67. The van der Waals surface area contributed by atoms with E-state index >= 15 is 0 Å². The van der Waals surface area contributed by atoms with E-state index in [-0.39, 0.29) is 10.6 Å². The molecule has 1 amide bonds. The molecule has 0 spiro atoms. The minimum absolute atomic E-state index is 0.0504. The lowest BCUT2D eigenvalue weighted by atomic mass is 10.1. The fourth-order valence-corrected chi connectivity index (χ4v) is 5.12. The molecule has 0 aromatic heterocycles. The lowest BCUT2D eigenvalue weighted by Gasteiger charge is -2.25. The summed E-state index contributed by atoms with van der Waals surface area (Å²) in [6.07, 6.45) is 0.507. The second-order valence-electron chi connectivity index (χ2n) is 8.02. The number of rotatable bonds is 11. The zero-order chi connectivity index (χ0) is 27.0. The molecule has 0 bridgehead atoms. The van der Waals surface area contributed by atoms with Gasteiger partial charge in [0.2, 0.25) is 0 Å². The average Bonchev–Trinajstić information content (AvgIpc) is 2.92. The summed E-state index contributed by atoms with van der Waals surface area (Å²) in [5.74, 6) is 0.800. The topological polar surface area (TPSA) is 107 Å². The zero-order valence-electron chi connectivity index (χ0n) is 21.5. The standard InChI is InChI=1S/C27H31N3O6S/c1-6-22(20-13-15-25(35-4)26(17-20)36-5)28-29-27(31)18-30(23-16-19(2)12-14-24(23)34-3)37(32,33)21-10-8-7-9-11-21/h7-17H,6,18H2,1-5H3,(H,29,31)/b28-22-. The third-order valence-electron chi connectivity index (χ3n) is 5.59. The van der Waals surface area contributed by atoms with Crippen LogP contribution in [0.1, 0.15) is 24.5 Å². The average molecular weight is 526 g/mol. The van der Waals surface area contributed by atoms with Gasteiger partial charge in [0.1, 0.15) is 12.3 Å². The Labute approximate surface area is 217 Å². The van der Waals surface area contributed by atoms with Gasteiger partial charge >= 0.3 is 0 Å². The van der Waals surface area contributed by atoms with Crippen molar-refractivity contribution >= 4 is 27.3 Å². The van der Waals surface area contributed by atoms with Crippen LogP contribution >= 0.6 is 0 Å². The normalized spacial score (nSPS) is 11.5. The number of methoxy groups -OCH3 is 3. The third kappa shape index (κ3) is 6.39. The number of anilines is 1. The molecule has 9 nitrogen and oxygen atoms in total. The smallest absolute Gasteiger partial charge is 0.264 e. The second kappa shape index (κ2) is 12.3. The van der Waals surface area contributed by atoms with Crippen LogP contribution in [-0.4, -0.2) is 47.9 Å². The lowest BCUT2D eigenvalue weighted by Crippen LogP contribution is -2.40. The number of aryl methyl sites for hydroxylation is 1. The molecule has 0 fully saturated rings. The molecule has 37 heavy (non-hydrogen) atoms. The van der Waals surface area contributed by atoms with Crippen LogP contribution in [0.4, 0.5) is 5.69 Å². The molecule has 10 heteroatoms. The van der Waals surface area contributed by atoms with Crippen molar-refractivity contribution < 1.29 is 27.4 Å². The monoisotopic (exact) mass is 525 g/mol. The maximum absolute atomic E-state index is 13.6. The van der Waals surface area contributed by atoms with Crippen LogP contribution in [0.5, 0.6) is 17.2 Å². The van der Waals surface area contributed by atoms with Crippen molar-refractivity contribution in [1.29, 1.82) is 0 Å². The predicted octanol–water partition coefficient (Wildman–Crippen LogP) is 4.15. The maximum atomic E-state index is 13.6. The minimum atomic E-state index is -4.10. The Hall–Kier alpha value is -4.05. The van der Waals surface area contributed by atoms with Gasteiger partial charge in [-0.25, -0.2) is 13.8 Å². The molecule has 0 aliphatic rings. The largest absolute Gasteiger partial charge is 0.495 e. The predicted molar refractivity (Wildman–Crippen MR) is 143 cm³/mol. The lowest BCUT2D eigenvalue weighted by molar-refractivity contribution is -0.119. The first-order chi connectivity index (χ1) is 17.7. The van der Waals surface area contributed by atoms with E-state index in [1.165, 1.54) is 26.4 Å². The Bertz CT molecular complexity index is 1370. The van der Waals surface area contributed by atoms with E-state index < -0.39 is 22.5 Å². The number of ether oxygens (including phenoxy) is 3. The van der Waals surface area contributed by atoms with Gasteiger partial charge in [0.15, 0.2) is 11.5 Å². The van der Waals surface area contributed by atoms with Crippen molar-refractivity contribution in [3.8, 4) is 17.2 Å². The van der Waals surface area contributed by atoms with Gasteiger partial charge in [0.25, 0.3) is 15.9 Å². The number of hydrogen-bond donors (Lipinski definition) is 1. The molecule has 3 rings (SSSR count). The number of nitrogens with one attached hydrogen (secondary N) is 1. The van der Waals surface area contributed by atoms with E-state index in [2.05, 4.69) is 10.5 Å². The third-order valence-corrected chi connectivity index (χ3v) is 7.36. The van der Waals surface area contributed by atoms with Crippen LogP contribution < -0.4 is 23.9 Å². The van der Waals surface area contributed by atoms with Crippen molar-refractivity contribution in [2.75, 3.05) is 32.2 Å². The van der Waals surface area contributed by atoms with E-state index in [0.29, 0.717) is 29.4 Å². The highest BCUT2D eigenvalue weighted by Gasteiger charge is 2.29. The van der Waals surface area contributed by atoms with Crippen LogP contribution in [0.25, 0.3) is 0 Å². The van der Waals surface area contributed by atoms with E-state index in [1.54, 1.807) is 61.7 Å². The summed E-state index contributed by atoms with van der Waals surface area (Å²) in [6, 6.07) is 18.4. The Kier molecular flexibility index (Phi) is 9.13. The summed E-state index contributed by atoms with van der Waals surface area (Å²) < 4.78 is 44.3. The van der Waals surface area contributed by atoms with Gasteiger partial charge in [-0.05, 0) is 61.4 Å². The highest BCUT2D eigenvalue weighted by molar-refractivity contribution is 7.92. The van der Waals surface area contributed by atoms with E-state index in [9.17, 15) is 13.2 Å². The Morgan fingerprint density at radius 3 is 2.16 bits per heavy atom. The summed E-state index contributed by atoms with van der Waals surface area (Å²) in [5, 5.41) is 4.27. The number of benzene rings is 3. The van der Waals surface area contributed by atoms with Gasteiger partial charge in [-0.1, -0.05) is 31.2 Å². The van der Waals surface area contributed by atoms with Crippen molar-refractivity contribution in [2.24, 2.45) is 5.10 Å². The summed E-state index contributed by atoms with van der Waals surface area (Å²) in [6.45, 7) is 3.21.